The minimum Gasteiger partial charge on any atom is -0.480 e. The Hall–Kier alpha value is -3.68. The van der Waals surface area contributed by atoms with Crippen molar-refractivity contribution in [3.63, 3.8) is 0 Å². The maximum atomic E-state index is 13.5. The lowest BCUT2D eigenvalue weighted by molar-refractivity contribution is -0.139. The first-order valence-corrected chi connectivity index (χ1v) is 12.2. The summed E-state index contributed by atoms with van der Waals surface area (Å²) in [5.74, 6) is -2.33. The van der Waals surface area contributed by atoms with Gasteiger partial charge in [-0.2, -0.15) is 0 Å². The molecule has 1 aliphatic rings. The number of carbonyl (C=O) groups is 2. The molecule has 1 fully saturated rings. The van der Waals surface area contributed by atoms with Gasteiger partial charge in [0.05, 0.1) is 18.3 Å². The number of hydrogen-bond donors (Lipinski definition) is 4. The molecule has 13 heteroatoms. The number of aryl methyl sites for hydroxylation is 1. The van der Waals surface area contributed by atoms with Gasteiger partial charge in [-0.05, 0) is 31.5 Å². The second kappa shape index (κ2) is 10.3. The Balaban J connectivity index is 2.06. The molecule has 1 aromatic carbocycles. The van der Waals surface area contributed by atoms with Crippen molar-refractivity contribution in [3.05, 3.63) is 76.4 Å². The van der Waals surface area contributed by atoms with Gasteiger partial charge in [0, 0.05) is 11.4 Å². The van der Waals surface area contributed by atoms with Crippen molar-refractivity contribution in [2.24, 2.45) is 0 Å². The minimum absolute atomic E-state index is 0.237. The van der Waals surface area contributed by atoms with Crippen molar-refractivity contribution in [2.75, 3.05) is 17.8 Å². The number of anilines is 1. The molecule has 35 heavy (non-hydrogen) atoms. The molecule has 0 bridgehead atoms. The molecule has 3 rings (SSSR count). The molecule has 2 heterocycles. The number of benzene rings is 1. The third-order valence-corrected chi connectivity index (χ3v) is 6.94. The van der Waals surface area contributed by atoms with Gasteiger partial charge in [-0.15, -0.1) is 0 Å². The molecular weight excluding hydrogens is 478 g/mol. The smallest absolute Gasteiger partial charge is 0.323 e. The third-order valence-electron chi connectivity index (χ3n) is 5.70. The van der Waals surface area contributed by atoms with Crippen molar-refractivity contribution >= 4 is 27.6 Å². The quantitative estimate of drug-likeness (QED) is 0.283. The molecule has 1 aliphatic heterocycles. The standard InChI is InChI=1S/C22H27N5O7S/c1-14-9-10-18(24-35(33,34)13-17-7-5-4-6-8-17)21(31)27(14)22-25(11-19(28)23-32)15(2)16(3)26(22)12-20(29)30/h4-10,15,22,24,32H,3,11-13H2,1-2H3,(H,23,28)(H,29,30). The van der Waals surface area contributed by atoms with Gasteiger partial charge < -0.3 is 10.0 Å². The maximum Gasteiger partial charge on any atom is 0.323 e. The average Bonchev–Trinajstić information content (AvgIpc) is 3.00. The third kappa shape index (κ3) is 5.70. The van der Waals surface area contributed by atoms with E-state index in [-0.39, 0.29) is 18.0 Å². The van der Waals surface area contributed by atoms with Gasteiger partial charge in [-0.25, -0.2) is 18.8 Å². The molecule has 0 aliphatic carbocycles. The Morgan fingerprint density at radius 3 is 2.37 bits per heavy atom. The number of amides is 1. The minimum atomic E-state index is -3.95. The van der Waals surface area contributed by atoms with Crippen LogP contribution in [0.1, 0.15) is 24.5 Å². The van der Waals surface area contributed by atoms with Crippen molar-refractivity contribution < 1.29 is 28.3 Å². The van der Waals surface area contributed by atoms with Gasteiger partial charge in [0.25, 0.3) is 11.5 Å². The summed E-state index contributed by atoms with van der Waals surface area (Å²) in [6.45, 7) is 6.28. The van der Waals surface area contributed by atoms with E-state index < -0.39 is 46.3 Å². The van der Waals surface area contributed by atoms with Crippen LogP contribution >= 0.6 is 0 Å². The zero-order chi connectivity index (χ0) is 25.9. The first-order valence-electron chi connectivity index (χ1n) is 10.6. The van der Waals surface area contributed by atoms with Crippen molar-refractivity contribution in [1.29, 1.82) is 0 Å². The number of hydrogen-bond acceptors (Lipinski definition) is 8. The Morgan fingerprint density at radius 2 is 1.77 bits per heavy atom. The first kappa shape index (κ1) is 25.9. The van der Waals surface area contributed by atoms with Gasteiger partial charge in [0.2, 0.25) is 10.0 Å². The highest BCUT2D eigenvalue weighted by Gasteiger charge is 2.43. The summed E-state index contributed by atoms with van der Waals surface area (Å²) < 4.78 is 29.0. The molecule has 0 saturated carbocycles. The Labute approximate surface area is 202 Å². The molecule has 0 spiro atoms. The maximum absolute atomic E-state index is 13.5. The predicted molar refractivity (Wildman–Crippen MR) is 127 cm³/mol. The average molecular weight is 506 g/mol. The van der Waals surface area contributed by atoms with E-state index in [0.29, 0.717) is 17.0 Å². The molecule has 2 unspecified atom stereocenters. The van der Waals surface area contributed by atoms with Crippen molar-refractivity contribution in [2.45, 2.75) is 31.9 Å². The monoisotopic (exact) mass is 505 g/mol. The van der Waals surface area contributed by atoms with E-state index >= 15 is 0 Å². The fourth-order valence-electron chi connectivity index (χ4n) is 4.00. The topological polar surface area (TPSA) is 161 Å². The van der Waals surface area contributed by atoms with Crippen LogP contribution in [-0.4, -0.2) is 64.1 Å². The Kier molecular flexibility index (Phi) is 7.63. The van der Waals surface area contributed by atoms with Gasteiger partial charge >= 0.3 is 5.97 Å². The van der Waals surface area contributed by atoms with E-state index in [1.54, 1.807) is 44.2 Å². The number of rotatable bonds is 9. The van der Waals surface area contributed by atoms with Crippen LogP contribution in [0.5, 0.6) is 0 Å². The van der Waals surface area contributed by atoms with E-state index in [9.17, 15) is 27.9 Å². The van der Waals surface area contributed by atoms with E-state index in [1.165, 1.54) is 32.0 Å². The van der Waals surface area contributed by atoms with E-state index in [4.69, 9.17) is 5.21 Å². The SMILES string of the molecule is C=C1C(C)N(CC(=O)NO)C(n2c(C)ccc(NS(=O)(=O)Cc3ccccc3)c2=O)N1CC(=O)O. The molecule has 1 aromatic heterocycles. The summed E-state index contributed by atoms with van der Waals surface area (Å²) >= 11 is 0. The number of carboxylic acids is 1. The molecule has 12 nitrogen and oxygen atoms in total. The van der Waals surface area contributed by atoms with Gasteiger partial charge in [-0.1, -0.05) is 36.9 Å². The predicted octanol–water partition coefficient (Wildman–Crippen LogP) is 0.665. The summed E-state index contributed by atoms with van der Waals surface area (Å²) in [5, 5.41) is 18.5. The van der Waals surface area contributed by atoms with Crippen LogP contribution in [0.4, 0.5) is 5.69 Å². The number of carbonyl (C=O) groups excluding carboxylic acids is 1. The fourth-order valence-corrected chi connectivity index (χ4v) is 5.20. The summed E-state index contributed by atoms with van der Waals surface area (Å²) in [5.41, 5.74) is 1.80. The largest absolute Gasteiger partial charge is 0.480 e. The number of sulfonamides is 1. The highest BCUT2D eigenvalue weighted by atomic mass is 32.2. The lowest BCUT2D eigenvalue weighted by Gasteiger charge is -2.33. The molecular formula is C22H27N5O7S. The molecule has 1 saturated heterocycles. The van der Waals surface area contributed by atoms with E-state index in [1.807, 2.05) is 0 Å². The highest BCUT2D eigenvalue weighted by molar-refractivity contribution is 7.91. The summed E-state index contributed by atoms with van der Waals surface area (Å²) in [7, 11) is -3.95. The van der Waals surface area contributed by atoms with E-state index in [0.717, 1.165) is 0 Å². The number of aromatic nitrogens is 1. The van der Waals surface area contributed by atoms with Crippen LogP contribution in [0.3, 0.4) is 0 Å². The number of aliphatic carboxylic acids is 1. The zero-order valence-corrected chi connectivity index (χ0v) is 20.0. The number of carboxylic acid groups (broad SMARTS) is 1. The molecule has 0 radical (unpaired) electrons. The lowest BCUT2D eigenvalue weighted by Crippen LogP contribution is -2.47. The molecule has 1 amide bonds. The lowest BCUT2D eigenvalue weighted by atomic mass is 10.2. The normalized spacial score (nSPS) is 18.5. The second-order valence-corrected chi connectivity index (χ2v) is 9.88. The second-order valence-electron chi connectivity index (χ2n) is 8.15. The molecule has 188 valence electrons. The van der Waals surface area contributed by atoms with Crippen LogP contribution in [-0.2, 0) is 25.4 Å². The van der Waals surface area contributed by atoms with Crippen LogP contribution in [0.25, 0.3) is 0 Å². The first-order chi connectivity index (χ1) is 16.4. The van der Waals surface area contributed by atoms with E-state index in [2.05, 4.69) is 11.3 Å². The number of nitrogens with one attached hydrogen (secondary N) is 2. The molecule has 2 atom stereocenters. The van der Waals surface area contributed by atoms with Crippen molar-refractivity contribution in [3.8, 4) is 0 Å². The van der Waals surface area contributed by atoms with Gasteiger partial charge in [0.1, 0.15) is 12.2 Å². The number of hydroxylamine groups is 1. The van der Waals surface area contributed by atoms with Crippen LogP contribution in [0.15, 0.2) is 59.5 Å². The van der Waals surface area contributed by atoms with Crippen molar-refractivity contribution in [1.82, 2.24) is 19.8 Å². The summed E-state index contributed by atoms with van der Waals surface area (Å²) in [6, 6.07) is 10.7. The Bertz CT molecular complexity index is 1290. The number of pyridine rings is 1. The fraction of sp³-hybridized carbons (Fsp3) is 0.318. The van der Waals surface area contributed by atoms with Crippen LogP contribution in [0, 0.1) is 6.92 Å². The van der Waals surface area contributed by atoms with Crippen LogP contribution in [0.2, 0.25) is 0 Å². The zero-order valence-electron chi connectivity index (χ0n) is 19.2. The van der Waals surface area contributed by atoms with Gasteiger partial charge in [0.15, 0.2) is 6.29 Å². The molecule has 4 N–H and O–H groups in total. The highest BCUT2D eigenvalue weighted by Crippen LogP contribution is 2.35. The molecule has 2 aromatic rings. The van der Waals surface area contributed by atoms with Gasteiger partial charge in [-0.3, -0.25) is 28.9 Å². The Morgan fingerprint density at radius 1 is 1.11 bits per heavy atom. The summed E-state index contributed by atoms with van der Waals surface area (Å²) in [4.78, 5) is 39.9. The van der Waals surface area contributed by atoms with Crippen LogP contribution < -0.4 is 15.8 Å². The number of nitrogens with zero attached hydrogens (tertiary/aromatic N) is 3. The summed E-state index contributed by atoms with van der Waals surface area (Å²) in [6.07, 6.45) is -1.11.